The van der Waals surface area contributed by atoms with Gasteiger partial charge in [0, 0.05) is 41.9 Å². The predicted molar refractivity (Wildman–Crippen MR) is 103 cm³/mol. The van der Waals surface area contributed by atoms with Crippen LogP contribution < -0.4 is 4.90 Å². The van der Waals surface area contributed by atoms with Crippen LogP contribution in [-0.2, 0) is 4.74 Å². The SMILES string of the molecule is Cc1[nH]c2ccccc2c1C(=O)[C@@H](C)OC(=O)c1ccc(N(C)C)cc1. The number of anilines is 1. The maximum absolute atomic E-state index is 12.8. The van der Waals surface area contributed by atoms with Crippen LogP contribution in [0, 0.1) is 6.92 Å². The maximum Gasteiger partial charge on any atom is 0.338 e. The van der Waals surface area contributed by atoms with E-state index in [1.54, 1.807) is 19.1 Å². The number of Topliss-reactive ketones (excluding diaryl/α,β-unsaturated/α-hetero) is 1. The molecule has 3 rings (SSSR count). The van der Waals surface area contributed by atoms with Gasteiger partial charge in [-0.25, -0.2) is 4.79 Å². The Hall–Kier alpha value is -3.08. The maximum atomic E-state index is 12.8. The van der Waals surface area contributed by atoms with Crippen LogP contribution >= 0.6 is 0 Å². The summed E-state index contributed by atoms with van der Waals surface area (Å²) < 4.78 is 5.41. The number of esters is 1. The molecule has 134 valence electrons. The monoisotopic (exact) mass is 350 g/mol. The van der Waals surface area contributed by atoms with E-state index in [1.807, 2.05) is 62.3 Å². The number of H-pyrrole nitrogens is 1. The summed E-state index contributed by atoms with van der Waals surface area (Å²) in [6, 6.07) is 14.7. The van der Waals surface area contributed by atoms with Crippen molar-refractivity contribution in [1.82, 2.24) is 4.98 Å². The Morgan fingerprint density at radius 3 is 2.35 bits per heavy atom. The second-order valence-electron chi connectivity index (χ2n) is 6.52. The molecule has 0 saturated carbocycles. The van der Waals surface area contributed by atoms with E-state index in [4.69, 9.17) is 4.74 Å². The van der Waals surface area contributed by atoms with Crippen LogP contribution in [0.4, 0.5) is 5.69 Å². The molecule has 0 saturated heterocycles. The summed E-state index contributed by atoms with van der Waals surface area (Å²) in [6.45, 7) is 3.46. The van der Waals surface area contributed by atoms with Gasteiger partial charge in [0.25, 0.3) is 0 Å². The first kappa shape index (κ1) is 17.7. The molecule has 0 amide bonds. The van der Waals surface area contributed by atoms with Gasteiger partial charge in [-0.05, 0) is 44.2 Å². The molecule has 1 N–H and O–H groups in total. The normalized spacial score (nSPS) is 12.0. The number of ketones is 1. The van der Waals surface area contributed by atoms with E-state index in [2.05, 4.69) is 4.98 Å². The molecule has 0 radical (unpaired) electrons. The van der Waals surface area contributed by atoms with Gasteiger partial charge >= 0.3 is 5.97 Å². The van der Waals surface area contributed by atoms with E-state index in [9.17, 15) is 9.59 Å². The molecule has 0 fully saturated rings. The number of hydrogen-bond donors (Lipinski definition) is 1. The van der Waals surface area contributed by atoms with Crippen molar-refractivity contribution in [2.75, 3.05) is 19.0 Å². The highest BCUT2D eigenvalue weighted by molar-refractivity contribution is 6.11. The van der Waals surface area contributed by atoms with Gasteiger partial charge in [0.1, 0.15) is 0 Å². The molecule has 0 bridgehead atoms. The summed E-state index contributed by atoms with van der Waals surface area (Å²) in [7, 11) is 3.86. The highest BCUT2D eigenvalue weighted by Gasteiger charge is 2.24. The molecule has 0 aliphatic heterocycles. The molecule has 0 aliphatic rings. The highest BCUT2D eigenvalue weighted by atomic mass is 16.5. The second kappa shape index (κ2) is 7.04. The topological polar surface area (TPSA) is 62.4 Å². The molecular weight excluding hydrogens is 328 g/mol. The van der Waals surface area contributed by atoms with Crippen LogP contribution in [0.3, 0.4) is 0 Å². The number of para-hydroxylation sites is 1. The molecule has 3 aromatic rings. The number of carbonyl (C=O) groups excluding carboxylic acids is 2. The molecule has 5 nitrogen and oxygen atoms in total. The van der Waals surface area contributed by atoms with Crippen LogP contribution in [0.15, 0.2) is 48.5 Å². The van der Waals surface area contributed by atoms with Crippen LogP contribution in [0.25, 0.3) is 10.9 Å². The summed E-state index contributed by atoms with van der Waals surface area (Å²) in [5.41, 5.74) is 3.65. The molecule has 0 unspecified atom stereocenters. The Morgan fingerprint density at radius 1 is 1.04 bits per heavy atom. The summed E-state index contributed by atoms with van der Waals surface area (Å²) in [4.78, 5) is 30.4. The van der Waals surface area contributed by atoms with E-state index >= 15 is 0 Å². The Morgan fingerprint density at radius 2 is 1.69 bits per heavy atom. The molecular formula is C21H22N2O3. The molecule has 1 aromatic heterocycles. The van der Waals surface area contributed by atoms with Crippen molar-refractivity contribution in [3.63, 3.8) is 0 Å². The van der Waals surface area contributed by atoms with Crippen molar-refractivity contribution in [3.8, 4) is 0 Å². The van der Waals surface area contributed by atoms with Crippen molar-refractivity contribution < 1.29 is 14.3 Å². The molecule has 2 aromatic carbocycles. The summed E-state index contributed by atoms with van der Waals surface area (Å²) >= 11 is 0. The fourth-order valence-corrected chi connectivity index (χ4v) is 2.98. The zero-order chi connectivity index (χ0) is 18.8. The van der Waals surface area contributed by atoms with Gasteiger partial charge in [-0.3, -0.25) is 4.79 Å². The first-order valence-electron chi connectivity index (χ1n) is 8.48. The number of aromatic amines is 1. The minimum Gasteiger partial charge on any atom is -0.451 e. The summed E-state index contributed by atoms with van der Waals surface area (Å²) in [5.74, 6) is -0.716. The van der Waals surface area contributed by atoms with Gasteiger partial charge in [0.05, 0.1) is 5.56 Å². The number of rotatable bonds is 5. The number of aryl methyl sites for hydroxylation is 1. The largest absolute Gasteiger partial charge is 0.451 e. The number of benzene rings is 2. The highest BCUT2D eigenvalue weighted by Crippen LogP contribution is 2.24. The third-order valence-corrected chi connectivity index (χ3v) is 4.41. The van der Waals surface area contributed by atoms with E-state index in [1.165, 1.54) is 0 Å². The number of fused-ring (bicyclic) bond motifs is 1. The van der Waals surface area contributed by atoms with Gasteiger partial charge < -0.3 is 14.6 Å². The quantitative estimate of drug-likeness (QED) is 0.559. The predicted octanol–water partition coefficient (Wildman–Crippen LogP) is 3.97. The summed E-state index contributed by atoms with van der Waals surface area (Å²) in [6.07, 6.45) is -0.867. The van der Waals surface area contributed by atoms with Crippen molar-refractivity contribution in [3.05, 3.63) is 65.4 Å². The van der Waals surface area contributed by atoms with Gasteiger partial charge in [-0.2, -0.15) is 0 Å². The fraction of sp³-hybridized carbons (Fsp3) is 0.238. The minimum atomic E-state index is -0.867. The molecule has 0 spiro atoms. The third-order valence-electron chi connectivity index (χ3n) is 4.41. The smallest absolute Gasteiger partial charge is 0.338 e. The van der Waals surface area contributed by atoms with Gasteiger partial charge in [-0.1, -0.05) is 18.2 Å². The Kier molecular flexibility index (Phi) is 4.80. The fourth-order valence-electron chi connectivity index (χ4n) is 2.98. The first-order chi connectivity index (χ1) is 12.4. The van der Waals surface area contributed by atoms with Gasteiger partial charge in [-0.15, -0.1) is 0 Å². The van der Waals surface area contributed by atoms with Gasteiger partial charge in [0.15, 0.2) is 6.10 Å². The molecule has 1 atom stereocenters. The zero-order valence-corrected chi connectivity index (χ0v) is 15.4. The van der Waals surface area contributed by atoms with Crippen molar-refractivity contribution in [2.24, 2.45) is 0 Å². The first-order valence-corrected chi connectivity index (χ1v) is 8.48. The Balaban J connectivity index is 1.78. The van der Waals surface area contributed by atoms with E-state index in [0.717, 1.165) is 22.3 Å². The van der Waals surface area contributed by atoms with Crippen LogP contribution in [0.1, 0.15) is 33.3 Å². The average molecular weight is 350 g/mol. The van der Waals surface area contributed by atoms with Crippen molar-refractivity contribution >= 4 is 28.3 Å². The summed E-state index contributed by atoms with van der Waals surface area (Å²) in [5, 5.41) is 0.841. The Bertz CT molecular complexity index is 955. The van der Waals surface area contributed by atoms with Gasteiger partial charge in [0.2, 0.25) is 5.78 Å². The molecule has 5 heteroatoms. The van der Waals surface area contributed by atoms with Crippen LogP contribution in [0.2, 0.25) is 0 Å². The lowest BCUT2D eigenvalue weighted by Crippen LogP contribution is -2.25. The molecule has 26 heavy (non-hydrogen) atoms. The lowest BCUT2D eigenvalue weighted by Gasteiger charge is -2.14. The number of ether oxygens (including phenoxy) is 1. The average Bonchev–Trinajstić information content (AvgIpc) is 2.96. The van der Waals surface area contributed by atoms with Crippen LogP contribution in [-0.4, -0.2) is 36.9 Å². The third kappa shape index (κ3) is 3.33. The van der Waals surface area contributed by atoms with E-state index < -0.39 is 12.1 Å². The van der Waals surface area contributed by atoms with Crippen molar-refractivity contribution in [1.29, 1.82) is 0 Å². The van der Waals surface area contributed by atoms with E-state index in [-0.39, 0.29) is 5.78 Å². The molecule has 1 heterocycles. The standard InChI is InChI=1S/C21H22N2O3/c1-13-19(17-7-5-6-8-18(17)22-13)20(24)14(2)26-21(25)15-9-11-16(12-10-15)23(3)4/h5-12,14,22H,1-4H3/t14-/m1/s1. The lowest BCUT2D eigenvalue weighted by molar-refractivity contribution is 0.0319. The number of aromatic nitrogens is 1. The zero-order valence-electron chi connectivity index (χ0n) is 15.4. The number of hydrogen-bond acceptors (Lipinski definition) is 4. The number of nitrogens with zero attached hydrogens (tertiary/aromatic N) is 1. The minimum absolute atomic E-state index is 0.210. The number of carbonyl (C=O) groups is 2. The number of nitrogens with one attached hydrogen (secondary N) is 1. The second-order valence-corrected chi connectivity index (χ2v) is 6.52. The molecule has 0 aliphatic carbocycles. The Labute approximate surface area is 152 Å². The van der Waals surface area contributed by atoms with Crippen molar-refractivity contribution in [2.45, 2.75) is 20.0 Å². The lowest BCUT2D eigenvalue weighted by atomic mass is 10.0. The van der Waals surface area contributed by atoms with Crippen LogP contribution in [0.5, 0.6) is 0 Å². The van der Waals surface area contributed by atoms with E-state index in [0.29, 0.717) is 11.1 Å².